The Kier molecular flexibility index (Phi) is 6.81. The van der Waals surface area contributed by atoms with Crippen molar-refractivity contribution < 1.29 is 23.5 Å². The number of hydroxylamine groups is 1. The minimum Gasteiger partial charge on any atom is -0.396 e. The molecule has 1 amide bonds. The van der Waals surface area contributed by atoms with Gasteiger partial charge in [-0.2, -0.15) is 0 Å². The van der Waals surface area contributed by atoms with Crippen molar-refractivity contribution in [2.45, 2.75) is 30.8 Å². The number of nitrogens with zero attached hydrogens (tertiary/aromatic N) is 2. The zero-order valence-electron chi connectivity index (χ0n) is 12.2. The van der Waals surface area contributed by atoms with E-state index in [0.717, 1.165) is 0 Å². The number of amides is 1. The van der Waals surface area contributed by atoms with Crippen LogP contribution in [0, 0.1) is 0 Å². The van der Waals surface area contributed by atoms with Crippen molar-refractivity contribution >= 4 is 5.91 Å². The van der Waals surface area contributed by atoms with E-state index < -0.39 is 43.4 Å². The molecule has 0 radical (unpaired) electrons. The minimum absolute atomic E-state index is 0.0645. The smallest absolute Gasteiger partial charge is 0.260 e. The van der Waals surface area contributed by atoms with Gasteiger partial charge in [-0.1, -0.05) is 0 Å². The van der Waals surface area contributed by atoms with E-state index in [1.807, 2.05) is 5.48 Å². The summed E-state index contributed by atoms with van der Waals surface area (Å²) in [6, 6.07) is -1.99. The molecule has 22 heavy (non-hydrogen) atoms. The average Bonchev–Trinajstić information content (AvgIpc) is 2.84. The molecule has 0 aliphatic carbocycles. The van der Waals surface area contributed by atoms with Crippen molar-refractivity contribution in [3.63, 3.8) is 0 Å². The summed E-state index contributed by atoms with van der Waals surface area (Å²) in [5.41, 5.74) is 13.9. The van der Waals surface area contributed by atoms with Crippen molar-refractivity contribution in [1.82, 2.24) is 15.0 Å². The molecule has 0 saturated heterocycles. The number of carbonyl (C=O) groups is 1. The van der Waals surface area contributed by atoms with Crippen molar-refractivity contribution in [2.75, 3.05) is 13.2 Å². The molecule has 0 aliphatic rings. The fraction of sp³-hybridized carbons (Fsp3) is 0.667. The van der Waals surface area contributed by atoms with Crippen molar-refractivity contribution in [3.8, 4) is 0 Å². The number of nitrogens with one attached hydrogen (secondary N) is 1. The summed E-state index contributed by atoms with van der Waals surface area (Å²) < 4.78 is 28.1. The first kappa shape index (κ1) is 18.4. The van der Waals surface area contributed by atoms with Gasteiger partial charge >= 0.3 is 0 Å². The molecule has 0 saturated carbocycles. The number of hydrogen-bond acceptors (Lipinski definition) is 6. The number of aliphatic hydroxyl groups is 1. The van der Waals surface area contributed by atoms with E-state index >= 15 is 0 Å². The van der Waals surface area contributed by atoms with Gasteiger partial charge in [0.1, 0.15) is 0 Å². The van der Waals surface area contributed by atoms with Crippen LogP contribution in [0.2, 0.25) is 0 Å². The molecule has 0 aromatic carbocycles. The van der Waals surface area contributed by atoms with Crippen LogP contribution in [-0.2, 0) is 16.7 Å². The summed E-state index contributed by atoms with van der Waals surface area (Å²) in [6.07, 6.45) is 1.49. The molecule has 0 bridgehead atoms. The molecular weight excluding hydrogens is 300 g/mol. The number of nitrogens with two attached hydrogens (primary N) is 2. The third-order valence-corrected chi connectivity index (χ3v) is 3.00. The first-order valence-electron chi connectivity index (χ1n) is 6.64. The molecule has 1 aromatic rings. The van der Waals surface area contributed by atoms with Gasteiger partial charge in [0.2, 0.25) is 0 Å². The van der Waals surface area contributed by atoms with Crippen LogP contribution in [0.25, 0.3) is 0 Å². The molecule has 0 spiro atoms. The molecule has 0 fully saturated rings. The molecule has 1 unspecified atom stereocenters. The summed E-state index contributed by atoms with van der Waals surface area (Å²) in [5.74, 6) is -4.09. The monoisotopic (exact) mass is 321 g/mol. The Hall–Kier alpha value is -1.62. The van der Waals surface area contributed by atoms with Crippen LogP contribution in [0.4, 0.5) is 8.78 Å². The largest absolute Gasteiger partial charge is 0.396 e. The lowest BCUT2D eigenvalue weighted by atomic mass is 10.1. The summed E-state index contributed by atoms with van der Waals surface area (Å²) in [7, 11) is 1.75. The number of hydrogen-bond donors (Lipinski definition) is 4. The number of aliphatic hydroxyl groups excluding tert-OH is 1. The summed E-state index contributed by atoms with van der Waals surface area (Å²) in [6.45, 7) is -0.748. The quantitative estimate of drug-likeness (QED) is 0.441. The molecule has 2 atom stereocenters. The summed E-state index contributed by atoms with van der Waals surface area (Å²) in [5, 5.41) is 8.50. The highest BCUT2D eigenvalue weighted by Crippen LogP contribution is 2.23. The van der Waals surface area contributed by atoms with E-state index in [2.05, 4.69) is 4.98 Å². The first-order valence-corrected chi connectivity index (χ1v) is 6.64. The Labute approximate surface area is 126 Å². The van der Waals surface area contributed by atoms with Gasteiger partial charge < -0.3 is 21.1 Å². The summed E-state index contributed by atoms with van der Waals surface area (Å²) in [4.78, 5) is 20.3. The molecule has 1 heterocycles. The van der Waals surface area contributed by atoms with Gasteiger partial charge in [0, 0.05) is 32.7 Å². The maximum Gasteiger partial charge on any atom is 0.260 e. The Balaban J connectivity index is 2.35. The fourth-order valence-electron chi connectivity index (χ4n) is 1.77. The van der Waals surface area contributed by atoms with Gasteiger partial charge in [0.25, 0.3) is 11.8 Å². The molecule has 8 nitrogen and oxygen atoms in total. The van der Waals surface area contributed by atoms with Gasteiger partial charge in [-0.05, 0) is 0 Å². The predicted octanol–water partition coefficient (Wildman–Crippen LogP) is -0.797. The number of imidazole rings is 1. The van der Waals surface area contributed by atoms with Crippen molar-refractivity contribution in [3.05, 3.63) is 18.2 Å². The second-order valence-electron chi connectivity index (χ2n) is 4.95. The first-order chi connectivity index (χ1) is 10.3. The number of aromatic nitrogens is 2. The third kappa shape index (κ3) is 5.64. The third-order valence-electron chi connectivity index (χ3n) is 3.00. The van der Waals surface area contributed by atoms with Gasteiger partial charge in [-0.3, -0.25) is 9.63 Å². The zero-order chi connectivity index (χ0) is 16.8. The van der Waals surface area contributed by atoms with E-state index in [0.29, 0.717) is 5.69 Å². The zero-order valence-corrected chi connectivity index (χ0v) is 12.2. The number of rotatable bonds is 9. The van der Waals surface area contributed by atoms with Crippen LogP contribution in [0.1, 0.15) is 24.6 Å². The van der Waals surface area contributed by atoms with Crippen LogP contribution in [0.5, 0.6) is 0 Å². The van der Waals surface area contributed by atoms with E-state index in [9.17, 15) is 13.6 Å². The number of alkyl halides is 2. The van der Waals surface area contributed by atoms with Crippen LogP contribution in [0.3, 0.4) is 0 Å². The van der Waals surface area contributed by atoms with Crippen molar-refractivity contribution in [2.24, 2.45) is 18.5 Å². The lowest BCUT2D eigenvalue weighted by molar-refractivity contribution is -0.138. The molecule has 10 heteroatoms. The van der Waals surface area contributed by atoms with E-state index in [4.69, 9.17) is 21.4 Å². The number of halogens is 2. The fourth-order valence-corrected chi connectivity index (χ4v) is 1.77. The Bertz CT molecular complexity index is 483. The van der Waals surface area contributed by atoms with Gasteiger partial charge in [0.15, 0.2) is 0 Å². The molecule has 1 aromatic heterocycles. The topological polar surface area (TPSA) is 128 Å². The van der Waals surface area contributed by atoms with Crippen molar-refractivity contribution in [1.29, 1.82) is 0 Å². The standard InChI is InChI=1S/C12H21F2N5O3/c1-19-7-17-5-10(19)9(16)6-22-18-11(21)8(15)4-12(13,14)2-3-20/h5,7-9,20H,2-4,6,15-16H2,1H3,(H,18,21)/t8-,9?/m0/s1. The Morgan fingerprint density at radius 3 is 2.82 bits per heavy atom. The van der Waals surface area contributed by atoms with Crippen LogP contribution in [0.15, 0.2) is 12.5 Å². The van der Waals surface area contributed by atoms with E-state index in [1.165, 1.54) is 0 Å². The molecule has 126 valence electrons. The van der Waals surface area contributed by atoms with Crippen LogP contribution >= 0.6 is 0 Å². The normalized spacial score (nSPS) is 14.6. The van der Waals surface area contributed by atoms with Gasteiger partial charge in [-0.15, -0.1) is 0 Å². The lowest BCUT2D eigenvalue weighted by Crippen LogP contribution is -2.44. The summed E-state index contributed by atoms with van der Waals surface area (Å²) >= 11 is 0. The predicted molar refractivity (Wildman–Crippen MR) is 73.5 cm³/mol. The van der Waals surface area contributed by atoms with E-state index in [1.54, 1.807) is 24.1 Å². The highest BCUT2D eigenvalue weighted by Gasteiger charge is 2.33. The Morgan fingerprint density at radius 1 is 1.59 bits per heavy atom. The number of aryl methyl sites for hydroxylation is 1. The van der Waals surface area contributed by atoms with Gasteiger partial charge in [-0.25, -0.2) is 19.2 Å². The van der Waals surface area contributed by atoms with E-state index in [-0.39, 0.29) is 6.61 Å². The Morgan fingerprint density at radius 2 is 2.27 bits per heavy atom. The molecule has 1 rings (SSSR count). The minimum atomic E-state index is -3.21. The highest BCUT2D eigenvalue weighted by atomic mass is 19.3. The van der Waals surface area contributed by atoms with Gasteiger partial charge in [0.05, 0.1) is 30.7 Å². The molecular formula is C12H21F2N5O3. The second kappa shape index (κ2) is 8.13. The molecule has 0 aliphatic heterocycles. The highest BCUT2D eigenvalue weighted by molar-refractivity contribution is 5.80. The molecule has 6 N–H and O–H groups in total. The maximum atomic E-state index is 13.2. The maximum absolute atomic E-state index is 13.2. The van der Waals surface area contributed by atoms with Crippen LogP contribution in [-0.4, -0.2) is 45.7 Å². The SMILES string of the molecule is Cn1cncc1C(N)CONC(=O)[C@@H](N)CC(F)(F)CCO. The van der Waals surface area contributed by atoms with Crippen LogP contribution < -0.4 is 16.9 Å². The lowest BCUT2D eigenvalue weighted by Gasteiger charge is -2.19. The average molecular weight is 321 g/mol. The second-order valence-corrected chi connectivity index (χ2v) is 4.95. The number of carbonyl (C=O) groups excluding carboxylic acids is 1.